The molecule has 0 aliphatic carbocycles. The summed E-state index contributed by atoms with van der Waals surface area (Å²) in [4.78, 5) is 14.4. The van der Waals surface area contributed by atoms with Crippen molar-refractivity contribution < 1.29 is 9.52 Å². The third kappa shape index (κ3) is 2.88. The van der Waals surface area contributed by atoms with Crippen molar-refractivity contribution in [3.05, 3.63) is 65.1 Å². The number of anilines is 1. The topological polar surface area (TPSA) is 59.3 Å². The molecular weight excluding hydrogens is 278 g/mol. The van der Waals surface area contributed by atoms with E-state index in [4.69, 9.17) is 0 Å². The number of fused-ring (bicyclic) bond motifs is 1. The normalized spacial score (nSPS) is 14.5. The van der Waals surface area contributed by atoms with Gasteiger partial charge in [0.05, 0.1) is 5.56 Å². The van der Waals surface area contributed by atoms with E-state index in [1.165, 1.54) is 35.8 Å². The molecular formula is C17H19N3O2. The highest BCUT2D eigenvalue weighted by molar-refractivity contribution is 5.93. The summed E-state index contributed by atoms with van der Waals surface area (Å²) in [6, 6.07) is 11.7. The van der Waals surface area contributed by atoms with Crippen LogP contribution in [-0.4, -0.2) is 25.0 Å². The van der Waals surface area contributed by atoms with Crippen molar-refractivity contribution >= 4 is 11.6 Å². The molecule has 1 amide bonds. The molecule has 1 aliphatic heterocycles. The molecule has 1 atom stereocenters. The van der Waals surface area contributed by atoms with E-state index >= 15 is 0 Å². The van der Waals surface area contributed by atoms with Gasteiger partial charge in [0.2, 0.25) is 0 Å². The van der Waals surface area contributed by atoms with Crippen molar-refractivity contribution in [2.45, 2.75) is 19.4 Å². The van der Waals surface area contributed by atoms with E-state index in [1.807, 2.05) is 6.07 Å². The summed E-state index contributed by atoms with van der Waals surface area (Å²) >= 11 is 0. The standard InChI is InChI=1S/C17H19N3O2/c1-13(20-11-8-14-4-2-3-5-16(14)20)12-18-17(21)15-6-9-19(22)10-7-15/h2-7,9-10,13H,8,11-12H2,1H3,(H,18,21)/t13-/m0/s1. The number of hydrogen-bond acceptors (Lipinski definition) is 3. The quantitative estimate of drug-likeness (QED) is 0.687. The second kappa shape index (κ2) is 6.05. The van der Waals surface area contributed by atoms with Gasteiger partial charge in [-0.05, 0) is 25.0 Å². The number of nitrogens with zero attached hydrogens (tertiary/aromatic N) is 2. The van der Waals surface area contributed by atoms with E-state index in [-0.39, 0.29) is 11.9 Å². The minimum absolute atomic E-state index is 0.153. The fourth-order valence-corrected chi connectivity index (χ4v) is 2.84. The molecule has 22 heavy (non-hydrogen) atoms. The largest absolute Gasteiger partial charge is 0.619 e. The number of amides is 1. The second-order valence-electron chi connectivity index (χ2n) is 5.58. The SMILES string of the molecule is C[C@@H](CNC(=O)c1cc[n+]([O-])cc1)N1CCc2ccccc21. The van der Waals surface area contributed by atoms with Gasteiger partial charge >= 0.3 is 0 Å². The van der Waals surface area contributed by atoms with Crippen LogP contribution in [0.2, 0.25) is 0 Å². The summed E-state index contributed by atoms with van der Waals surface area (Å²) in [5, 5.41) is 13.9. The number of pyridine rings is 1. The van der Waals surface area contributed by atoms with Crippen molar-refractivity contribution in [2.75, 3.05) is 18.0 Å². The predicted octanol–water partition coefficient (Wildman–Crippen LogP) is 1.50. The molecule has 5 nitrogen and oxygen atoms in total. The molecule has 0 radical (unpaired) electrons. The number of carbonyl (C=O) groups is 1. The fraction of sp³-hybridized carbons (Fsp3) is 0.294. The maximum atomic E-state index is 12.1. The molecule has 1 aromatic carbocycles. The molecule has 0 spiro atoms. The Balaban J connectivity index is 1.60. The zero-order valence-electron chi connectivity index (χ0n) is 12.5. The number of hydrogen-bond donors (Lipinski definition) is 1. The summed E-state index contributed by atoms with van der Waals surface area (Å²) in [7, 11) is 0. The smallest absolute Gasteiger partial charge is 0.251 e. The first kappa shape index (κ1) is 14.4. The molecule has 0 saturated heterocycles. The summed E-state index contributed by atoms with van der Waals surface area (Å²) in [6.45, 7) is 3.66. The number of benzene rings is 1. The molecule has 1 aromatic heterocycles. The maximum Gasteiger partial charge on any atom is 0.251 e. The highest BCUT2D eigenvalue weighted by atomic mass is 16.5. The Labute approximate surface area is 129 Å². The Morgan fingerprint density at radius 3 is 2.82 bits per heavy atom. The van der Waals surface area contributed by atoms with Gasteiger partial charge in [-0.3, -0.25) is 4.79 Å². The second-order valence-corrected chi connectivity index (χ2v) is 5.58. The van der Waals surface area contributed by atoms with E-state index in [0.29, 0.717) is 16.8 Å². The van der Waals surface area contributed by atoms with Crippen LogP contribution in [0.5, 0.6) is 0 Å². The highest BCUT2D eigenvalue weighted by Crippen LogP contribution is 2.28. The summed E-state index contributed by atoms with van der Waals surface area (Å²) < 4.78 is 0.667. The molecule has 0 fully saturated rings. The number of carbonyl (C=O) groups excluding carboxylic acids is 1. The first-order valence-corrected chi connectivity index (χ1v) is 7.47. The van der Waals surface area contributed by atoms with Crippen LogP contribution in [-0.2, 0) is 6.42 Å². The van der Waals surface area contributed by atoms with Gasteiger partial charge in [-0.25, -0.2) is 0 Å². The minimum atomic E-state index is -0.153. The number of rotatable bonds is 4. The molecule has 5 heteroatoms. The van der Waals surface area contributed by atoms with Crippen LogP contribution in [0.3, 0.4) is 0 Å². The van der Waals surface area contributed by atoms with Gasteiger partial charge in [-0.2, -0.15) is 4.73 Å². The van der Waals surface area contributed by atoms with Crippen LogP contribution >= 0.6 is 0 Å². The summed E-state index contributed by atoms with van der Waals surface area (Å²) in [5.41, 5.74) is 3.13. The van der Waals surface area contributed by atoms with Gasteiger partial charge in [-0.15, -0.1) is 0 Å². The molecule has 114 valence electrons. The van der Waals surface area contributed by atoms with Gasteiger partial charge in [-0.1, -0.05) is 18.2 Å². The van der Waals surface area contributed by atoms with Crippen LogP contribution in [0.1, 0.15) is 22.8 Å². The average molecular weight is 297 g/mol. The zero-order valence-corrected chi connectivity index (χ0v) is 12.5. The molecule has 0 bridgehead atoms. The van der Waals surface area contributed by atoms with E-state index < -0.39 is 0 Å². The Hall–Kier alpha value is -2.56. The van der Waals surface area contributed by atoms with Crippen molar-refractivity contribution in [3.8, 4) is 0 Å². The van der Waals surface area contributed by atoms with Crippen LogP contribution in [0.25, 0.3) is 0 Å². The van der Waals surface area contributed by atoms with Crippen LogP contribution in [0.4, 0.5) is 5.69 Å². The molecule has 3 rings (SSSR count). The van der Waals surface area contributed by atoms with Crippen LogP contribution in [0.15, 0.2) is 48.8 Å². The van der Waals surface area contributed by atoms with E-state index in [2.05, 4.69) is 35.3 Å². The van der Waals surface area contributed by atoms with Crippen LogP contribution in [0, 0.1) is 5.21 Å². The molecule has 0 saturated carbocycles. The summed E-state index contributed by atoms with van der Waals surface area (Å²) in [6.07, 6.45) is 3.71. The number of para-hydroxylation sites is 1. The Bertz CT molecular complexity index is 670. The van der Waals surface area contributed by atoms with E-state index in [9.17, 15) is 10.0 Å². The molecule has 2 heterocycles. The molecule has 0 unspecified atom stereocenters. The molecule has 1 aliphatic rings. The first-order valence-electron chi connectivity index (χ1n) is 7.47. The Morgan fingerprint density at radius 1 is 1.32 bits per heavy atom. The molecule has 2 aromatic rings. The van der Waals surface area contributed by atoms with Gasteiger partial charge in [0, 0.05) is 37.0 Å². The zero-order chi connectivity index (χ0) is 15.5. The van der Waals surface area contributed by atoms with Gasteiger partial charge in [0.25, 0.3) is 5.91 Å². The van der Waals surface area contributed by atoms with Crippen molar-refractivity contribution in [3.63, 3.8) is 0 Å². The van der Waals surface area contributed by atoms with Gasteiger partial charge < -0.3 is 15.4 Å². The highest BCUT2D eigenvalue weighted by Gasteiger charge is 2.23. The lowest BCUT2D eigenvalue weighted by atomic mass is 10.1. The molecule has 1 N–H and O–H groups in total. The first-order chi connectivity index (χ1) is 10.6. The maximum absolute atomic E-state index is 12.1. The van der Waals surface area contributed by atoms with Crippen LogP contribution < -0.4 is 14.9 Å². The third-order valence-corrected chi connectivity index (χ3v) is 4.08. The number of nitrogens with one attached hydrogen (secondary N) is 1. The lowest BCUT2D eigenvalue weighted by Crippen LogP contribution is -2.41. The Morgan fingerprint density at radius 2 is 2.05 bits per heavy atom. The van der Waals surface area contributed by atoms with Crippen molar-refractivity contribution in [1.82, 2.24) is 5.32 Å². The van der Waals surface area contributed by atoms with Crippen molar-refractivity contribution in [1.29, 1.82) is 0 Å². The van der Waals surface area contributed by atoms with Gasteiger partial charge in [0.1, 0.15) is 0 Å². The minimum Gasteiger partial charge on any atom is -0.619 e. The van der Waals surface area contributed by atoms with E-state index in [1.54, 1.807) is 0 Å². The van der Waals surface area contributed by atoms with E-state index in [0.717, 1.165) is 13.0 Å². The van der Waals surface area contributed by atoms with Crippen molar-refractivity contribution in [2.24, 2.45) is 0 Å². The number of aromatic nitrogens is 1. The lowest BCUT2D eigenvalue weighted by molar-refractivity contribution is -0.605. The fourth-order valence-electron chi connectivity index (χ4n) is 2.84. The van der Waals surface area contributed by atoms with Gasteiger partial charge in [0.15, 0.2) is 12.4 Å². The predicted molar refractivity (Wildman–Crippen MR) is 84.7 cm³/mol. The monoisotopic (exact) mass is 297 g/mol. The third-order valence-electron chi connectivity index (χ3n) is 4.08. The Kier molecular flexibility index (Phi) is 3.96. The summed E-state index contributed by atoms with van der Waals surface area (Å²) in [5.74, 6) is -0.153. The lowest BCUT2D eigenvalue weighted by Gasteiger charge is -2.27. The average Bonchev–Trinajstić information content (AvgIpc) is 2.97.